The molecule has 6 aromatic carbocycles. The number of anilines is 6. The van der Waals surface area contributed by atoms with Crippen LogP contribution >= 0.6 is 0 Å². The summed E-state index contributed by atoms with van der Waals surface area (Å²) in [5.74, 6) is 0. The topological polar surface area (TPSA) is 6.48 Å². The van der Waals surface area contributed by atoms with Gasteiger partial charge in [-0.25, -0.2) is 0 Å². The van der Waals surface area contributed by atoms with Crippen molar-refractivity contribution in [2.24, 2.45) is 0 Å². The van der Waals surface area contributed by atoms with Crippen molar-refractivity contribution in [3.05, 3.63) is 179 Å². The second-order valence-electron chi connectivity index (χ2n) is 13.8. The van der Waals surface area contributed by atoms with Gasteiger partial charge in [0.05, 0.1) is 0 Å². The molecule has 1 aliphatic carbocycles. The van der Waals surface area contributed by atoms with Gasteiger partial charge in [0.1, 0.15) is 0 Å². The summed E-state index contributed by atoms with van der Waals surface area (Å²) in [6.07, 6.45) is 6.15. The van der Waals surface area contributed by atoms with Crippen molar-refractivity contribution in [3.63, 3.8) is 0 Å². The Morgan fingerprint density at radius 3 is 1.08 bits per heavy atom. The summed E-state index contributed by atoms with van der Waals surface area (Å²) in [5, 5.41) is 0. The molecule has 0 bridgehead atoms. The molecule has 0 heterocycles. The Hall–Kier alpha value is -5.08. The first kappa shape index (κ1) is 31.5. The zero-order valence-electron chi connectivity index (χ0n) is 28.8. The summed E-state index contributed by atoms with van der Waals surface area (Å²) >= 11 is 0. The minimum atomic E-state index is 0.00532. The number of benzene rings is 6. The lowest BCUT2D eigenvalue weighted by Crippen LogP contribution is -2.30. The minimum absolute atomic E-state index is 0.00532. The van der Waals surface area contributed by atoms with Gasteiger partial charge in [0.15, 0.2) is 0 Å². The second-order valence-corrected chi connectivity index (χ2v) is 13.8. The summed E-state index contributed by atoms with van der Waals surface area (Å²) in [7, 11) is 0. The third-order valence-corrected chi connectivity index (χ3v) is 10.2. The molecule has 0 atom stereocenters. The van der Waals surface area contributed by atoms with Gasteiger partial charge in [0.25, 0.3) is 0 Å². The Morgan fingerprint density at radius 1 is 0.354 bits per heavy atom. The molecular formula is C46H46N2. The summed E-state index contributed by atoms with van der Waals surface area (Å²) < 4.78 is 0. The Morgan fingerprint density at radius 2 is 0.708 bits per heavy atom. The summed E-state index contributed by atoms with van der Waals surface area (Å²) in [6, 6.07) is 54.2. The molecule has 0 unspecified atom stereocenters. The molecule has 240 valence electrons. The summed E-state index contributed by atoms with van der Waals surface area (Å²) in [6.45, 7) is 8.63. The van der Waals surface area contributed by atoms with E-state index < -0.39 is 0 Å². The lowest BCUT2D eigenvalue weighted by Gasteiger charge is -2.39. The van der Waals surface area contributed by atoms with Gasteiger partial charge in [-0.05, 0) is 136 Å². The van der Waals surface area contributed by atoms with Crippen LogP contribution < -0.4 is 9.80 Å². The SMILES string of the molecule is Cc1ccc(N(c2ccc(C)cc2)c2ccc(C3(c4ccc(N(c5cccc(C)c5)c5cccc(C)c5)cc4)CCCCC3)cc2)cc1. The van der Waals surface area contributed by atoms with E-state index in [1.807, 2.05) is 0 Å². The maximum atomic E-state index is 2.40. The quantitative estimate of drug-likeness (QED) is 0.166. The standard InChI is InChI=1S/C46H46N2/c1-34-14-22-40(23-15-34)47(41-24-16-35(2)17-25-41)42-26-18-38(19-27-42)46(30-6-5-7-31-46)39-20-28-43(29-21-39)48(44-12-8-10-36(3)32-44)45-13-9-11-37(4)33-45/h8-29,32-33H,5-7,30-31H2,1-4H3. The van der Waals surface area contributed by atoms with Crippen LogP contribution in [0.25, 0.3) is 0 Å². The van der Waals surface area contributed by atoms with Crippen LogP contribution in [-0.4, -0.2) is 0 Å². The van der Waals surface area contributed by atoms with E-state index >= 15 is 0 Å². The van der Waals surface area contributed by atoms with E-state index in [-0.39, 0.29) is 5.41 Å². The second kappa shape index (κ2) is 13.6. The number of rotatable bonds is 8. The summed E-state index contributed by atoms with van der Waals surface area (Å²) in [4.78, 5) is 4.76. The van der Waals surface area contributed by atoms with Crippen molar-refractivity contribution < 1.29 is 0 Å². The van der Waals surface area contributed by atoms with Crippen molar-refractivity contribution in [1.82, 2.24) is 0 Å². The van der Waals surface area contributed by atoms with Crippen molar-refractivity contribution in [1.29, 1.82) is 0 Å². The number of aryl methyl sites for hydroxylation is 4. The van der Waals surface area contributed by atoms with Gasteiger partial charge in [-0.15, -0.1) is 0 Å². The van der Waals surface area contributed by atoms with Crippen molar-refractivity contribution in [2.45, 2.75) is 65.2 Å². The molecule has 1 saturated carbocycles. The zero-order chi connectivity index (χ0) is 33.1. The van der Waals surface area contributed by atoms with Crippen LogP contribution in [0.5, 0.6) is 0 Å². The first-order valence-electron chi connectivity index (χ1n) is 17.5. The number of hydrogen-bond acceptors (Lipinski definition) is 2. The van der Waals surface area contributed by atoms with Gasteiger partial charge in [-0.3, -0.25) is 0 Å². The molecule has 6 aromatic rings. The first-order chi connectivity index (χ1) is 23.4. The van der Waals surface area contributed by atoms with E-state index in [1.165, 1.54) is 99.6 Å². The van der Waals surface area contributed by atoms with Gasteiger partial charge in [-0.1, -0.05) is 103 Å². The van der Waals surface area contributed by atoms with E-state index in [1.54, 1.807) is 0 Å². The Kier molecular flexibility index (Phi) is 8.91. The van der Waals surface area contributed by atoms with Crippen LogP contribution in [0.4, 0.5) is 34.1 Å². The van der Waals surface area contributed by atoms with Gasteiger partial charge < -0.3 is 9.80 Å². The highest BCUT2D eigenvalue weighted by molar-refractivity contribution is 5.78. The van der Waals surface area contributed by atoms with Crippen LogP contribution in [0.3, 0.4) is 0 Å². The Bertz CT molecular complexity index is 1870. The van der Waals surface area contributed by atoms with E-state index in [9.17, 15) is 0 Å². The molecule has 48 heavy (non-hydrogen) atoms. The molecule has 0 amide bonds. The maximum absolute atomic E-state index is 2.40. The Labute approximate surface area is 287 Å². The molecule has 7 rings (SSSR count). The molecule has 1 fully saturated rings. The van der Waals surface area contributed by atoms with Crippen molar-refractivity contribution >= 4 is 34.1 Å². The van der Waals surface area contributed by atoms with Crippen LogP contribution in [0.15, 0.2) is 146 Å². The van der Waals surface area contributed by atoms with Crippen LogP contribution in [0.2, 0.25) is 0 Å². The average molecular weight is 627 g/mol. The van der Waals surface area contributed by atoms with Crippen LogP contribution in [0, 0.1) is 27.7 Å². The zero-order valence-corrected chi connectivity index (χ0v) is 28.8. The van der Waals surface area contributed by atoms with Crippen molar-refractivity contribution in [3.8, 4) is 0 Å². The number of hydrogen-bond donors (Lipinski definition) is 0. The monoisotopic (exact) mass is 626 g/mol. The first-order valence-corrected chi connectivity index (χ1v) is 17.5. The molecular weight excluding hydrogens is 581 g/mol. The fourth-order valence-corrected chi connectivity index (χ4v) is 7.57. The largest absolute Gasteiger partial charge is 0.311 e. The molecule has 0 radical (unpaired) electrons. The van der Waals surface area contributed by atoms with Gasteiger partial charge >= 0.3 is 0 Å². The smallest absolute Gasteiger partial charge is 0.0464 e. The fourth-order valence-electron chi connectivity index (χ4n) is 7.57. The summed E-state index contributed by atoms with van der Waals surface area (Å²) in [5.41, 5.74) is 15.0. The van der Waals surface area contributed by atoms with Gasteiger partial charge in [-0.2, -0.15) is 0 Å². The minimum Gasteiger partial charge on any atom is -0.311 e. The maximum Gasteiger partial charge on any atom is 0.0464 e. The van der Waals surface area contributed by atoms with Crippen molar-refractivity contribution in [2.75, 3.05) is 9.80 Å². The molecule has 0 spiro atoms. The number of nitrogens with zero attached hydrogens (tertiary/aromatic N) is 2. The molecule has 0 N–H and O–H groups in total. The van der Waals surface area contributed by atoms with E-state index in [2.05, 4.69) is 183 Å². The molecule has 0 aromatic heterocycles. The average Bonchev–Trinajstić information content (AvgIpc) is 3.11. The third kappa shape index (κ3) is 6.40. The normalized spacial score (nSPS) is 14.0. The molecule has 2 heteroatoms. The molecule has 0 aliphatic heterocycles. The van der Waals surface area contributed by atoms with E-state index in [4.69, 9.17) is 0 Å². The van der Waals surface area contributed by atoms with Crippen LogP contribution in [-0.2, 0) is 5.41 Å². The highest BCUT2D eigenvalue weighted by Crippen LogP contribution is 2.47. The van der Waals surface area contributed by atoms with Crippen LogP contribution in [0.1, 0.15) is 65.5 Å². The highest BCUT2D eigenvalue weighted by atomic mass is 15.1. The van der Waals surface area contributed by atoms with E-state index in [0.29, 0.717) is 0 Å². The van der Waals surface area contributed by atoms with E-state index in [0.717, 1.165) is 0 Å². The predicted octanol–water partition coefficient (Wildman–Crippen LogP) is 13.1. The Balaban J connectivity index is 1.26. The molecule has 1 aliphatic rings. The highest BCUT2D eigenvalue weighted by Gasteiger charge is 2.36. The molecule has 2 nitrogen and oxygen atoms in total. The molecule has 0 saturated heterocycles. The van der Waals surface area contributed by atoms with Gasteiger partial charge in [0, 0.05) is 39.5 Å². The lowest BCUT2D eigenvalue weighted by atomic mass is 9.65. The predicted molar refractivity (Wildman–Crippen MR) is 205 cm³/mol. The fraction of sp³-hybridized carbons (Fsp3) is 0.217. The third-order valence-electron chi connectivity index (χ3n) is 10.2. The van der Waals surface area contributed by atoms with Gasteiger partial charge in [0.2, 0.25) is 0 Å². The lowest BCUT2D eigenvalue weighted by molar-refractivity contribution is 0.346.